The zero-order valence-corrected chi connectivity index (χ0v) is 11.4. The predicted molar refractivity (Wildman–Crippen MR) is 71.5 cm³/mol. The van der Waals surface area contributed by atoms with Crippen molar-refractivity contribution in [3.63, 3.8) is 0 Å². The van der Waals surface area contributed by atoms with E-state index in [4.69, 9.17) is 11.6 Å². The second-order valence-electron chi connectivity index (χ2n) is 4.69. The van der Waals surface area contributed by atoms with Crippen molar-refractivity contribution in [2.75, 3.05) is 0 Å². The topological polar surface area (TPSA) is 25.8 Å². The second-order valence-corrected chi connectivity index (χ2v) is 6.08. The summed E-state index contributed by atoms with van der Waals surface area (Å²) < 4.78 is 13.1. The molecule has 1 aliphatic rings. The van der Waals surface area contributed by atoms with Gasteiger partial charge in [0.2, 0.25) is 0 Å². The third-order valence-electron chi connectivity index (χ3n) is 3.30. The fourth-order valence-corrected chi connectivity index (χ4v) is 3.56. The molecular formula is C13H12ClFN2S. The molecule has 1 fully saturated rings. The van der Waals surface area contributed by atoms with Crippen LogP contribution in [0.2, 0.25) is 5.15 Å². The molecule has 3 rings (SSSR count). The van der Waals surface area contributed by atoms with Crippen LogP contribution in [-0.2, 0) is 0 Å². The van der Waals surface area contributed by atoms with Gasteiger partial charge in [-0.3, -0.25) is 4.98 Å². The molecular weight excluding hydrogens is 271 g/mol. The van der Waals surface area contributed by atoms with Gasteiger partial charge in [0.05, 0.1) is 6.20 Å². The Kier molecular flexibility index (Phi) is 3.08. The number of pyridine rings is 1. The molecule has 0 bridgehead atoms. The van der Waals surface area contributed by atoms with Gasteiger partial charge in [-0.2, -0.15) is 0 Å². The lowest BCUT2D eigenvalue weighted by molar-refractivity contribution is 0.622. The van der Waals surface area contributed by atoms with Crippen LogP contribution >= 0.6 is 22.9 Å². The normalized spacial score (nSPS) is 16.8. The Bertz CT molecular complexity index is 580. The van der Waals surface area contributed by atoms with E-state index in [-0.39, 0.29) is 5.82 Å². The fourth-order valence-electron chi connectivity index (χ4n) is 2.06. The maximum absolute atomic E-state index is 13.1. The van der Waals surface area contributed by atoms with Gasteiger partial charge in [-0.05, 0) is 30.7 Å². The van der Waals surface area contributed by atoms with E-state index in [2.05, 4.69) is 16.9 Å². The van der Waals surface area contributed by atoms with Gasteiger partial charge in [0, 0.05) is 16.6 Å². The molecule has 1 unspecified atom stereocenters. The quantitative estimate of drug-likeness (QED) is 0.828. The highest BCUT2D eigenvalue weighted by Gasteiger charge is 2.32. The smallest absolute Gasteiger partial charge is 0.144 e. The summed E-state index contributed by atoms with van der Waals surface area (Å²) >= 11 is 7.73. The number of rotatable bonds is 3. The van der Waals surface area contributed by atoms with Crippen LogP contribution < -0.4 is 0 Å². The molecule has 1 atom stereocenters. The van der Waals surface area contributed by atoms with E-state index in [1.165, 1.54) is 25.1 Å². The molecule has 2 nitrogen and oxygen atoms in total. The monoisotopic (exact) mass is 282 g/mol. The first-order chi connectivity index (χ1) is 8.65. The van der Waals surface area contributed by atoms with E-state index in [1.807, 2.05) is 0 Å². The van der Waals surface area contributed by atoms with Crippen LogP contribution in [0, 0.1) is 11.7 Å². The molecule has 2 aromatic rings. The number of aromatic nitrogens is 2. The maximum atomic E-state index is 13.1. The minimum atomic E-state index is -0.351. The summed E-state index contributed by atoms with van der Waals surface area (Å²) in [6.07, 6.45) is 5.34. The first-order valence-corrected chi connectivity index (χ1v) is 7.11. The van der Waals surface area contributed by atoms with E-state index in [1.54, 1.807) is 17.5 Å². The van der Waals surface area contributed by atoms with Crippen molar-refractivity contribution >= 4 is 22.9 Å². The van der Waals surface area contributed by atoms with Gasteiger partial charge in [0.1, 0.15) is 16.0 Å². The Morgan fingerprint density at radius 1 is 1.44 bits per heavy atom. The number of nitrogens with zero attached hydrogens (tertiary/aromatic N) is 2. The Morgan fingerprint density at radius 3 is 2.89 bits per heavy atom. The highest BCUT2D eigenvalue weighted by Crippen LogP contribution is 2.47. The zero-order chi connectivity index (χ0) is 12.7. The molecule has 0 aromatic carbocycles. The summed E-state index contributed by atoms with van der Waals surface area (Å²) in [5.74, 6) is 0.835. The van der Waals surface area contributed by atoms with Crippen molar-refractivity contribution in [3.8, 4) is 10.6 Å². The number of hydrogen-bond donors (Lipinski definition) is 0. The first-order valence-electron chi connectivity index (χ1n) is 5.92. The van der Waals surface area contributed by atoms with E-state index in [0.717, 1.165) is 15.8 Å². The van der Waals surface area contributed by atoms with Crippen molar-refractivity contribution in [1.82, 2.24) is 9.97 Å². The van der Waals surface area contributed by atoms with Crippen LogP contribution in [-0.4, -0.2) is 9.97 Å². The molecule has 5 heteroatoms. The zero-order valence-electron chi connectivity index (χ0n) is 9.86. The Morgan fingerprint density at radius 2 is 2.22 bits per heavy atom. The minimum Gasteiger partial charge on any atom is -0.261 e. The predicted octanol–water partition coefficient (Wildman–Crippen LogP) is 4.51. The molecule has 0 N–H and O–H groups in total. The van der Waals surface area contributed by atoms with E-state index >= 15 is 0 Å². The lowest BCUT2D eigenvalue weighted by Gasteiger charge is -2.05. The van der Waals surface area contributed by atoms with Gasteiger partial charge in [-0.25, -0.2) is 9.37 Å². The minimum absolute atomic E-state index is 0.351. The largest absolute Gasteiger partial charge is 0.261 e. The molecule has 0 saturated heterocycles. The van der Waals surface area contributed by atoms with Gasteiger partial charge in [-0.1, -0.05) is 18.5 Å². The van der Waals surface area contributed by atoms with Gasteiger partial charge in [0.15, 0.2) is 0 Å². The van der Waals surface area contributed by atoms with Gasteiger partial charge in [0.25, 0.3) is 0 Å². The summed E-state index contributed by atoms with van der Waals surface area (Å²) in [5, 5.41) is 1.30. The first kappa shape index (κ1) is 12.1. The van der Waals surface area contributed by atoms with Crippen molar-refractivity contribution in [1.29, 1.82) is 0 Å². The average molecular weight is 283 g/mol. The Labute approximate surface area is 114 Å². The van der Waals surface area contributed by atoms with Crippen molar-refractivity contribution in [2.45, 2.75) is 25.7 Å². The lowest BCUT2D eigenvalue weighted by Crippen LogP contribution is -1.92. The average Bonchev–Trinajstić information content (AvgIpc) is 3.12. The van der Waals surface area contributed by atoms with Gasteiger partial charge < -0.3 is 0 Å². The molecule has 1 saturated carbocycles. The highest BCUT2D eigenvalue weighted by atomic mass is 35.5. The Hall–Kier alpha value is -1.00. The fraction of sp³-hybridized carbons (Fsp3) is 0.385. The number of thiazole rings is 1. The van der Waals surface area contributed by atoms with E-state index in [0.29, 0.717) is 16.6 Å². The highest BCUT2D eigenvalue weighted by molar-refractivity contribution is 7.15. The second kappa shape index (κ2) is 4.59. The van der Waals surface area contributed by atoms with Crippen LogP contribution in [0.25, 0.3) is 10.6 Å². The number of halogens is 2. The van der Waals surface area contributed by atoms with Crippen molar-refractivity contribution < 1.29 is 4.39 Å². The van der Waals surface area contributed by atoms with E-state index < -0.39 is 0 Å². The summed E-state index contributed by atoms with van der Waals surface area (Å²) in [7, 11) is 0. The molecule has 1 aliphatic carbocycles. The summed E-state index contributed by atoms with van der Waals surface area (Å²) in [6.45, 7) is 2.19. The maximum Gasteiger partial charge on any atom is 0.144 e. The third-order valence-corrected chi connectivity index (χ3v) is 5.01. The lowest BCUT2D eigenvalue weighted by atomic mass is 10.1. The Balaban J connectivity index is 1.96. The van der Waals surface area contributed by atoms with Crippen LogP contribution in [0.3, 0.4) is 0 Å². The van der Waals surface area contributed by atoms with Crippen molar-refractivity contribution in [2.24, 2.45) is 5.92 Å². The molecule has 0 radical (unpaired) electrons. The van der Waals surface area contributed by atoms with Crippen LogP contribution in [0.5, 0.6) is 0 Å². The van der Waals surface area contributed by atoms with Crippen LogP contribution in [0.1, 0.15) is 30.6 Å². The summed E-state index contributed by atoms with van der Waals surface area (Å²) in [4.78, 5) is 9.28. The molecule has 2 aromatic heterocycles. The summed E-state index contributed by atoms with van der Waals surface area (Å²) in [5.41, 5.74) is 0.691. The van der Waals surface area contributed by atoms with Crippen LogP contribution in [0.15, 0.2) is 18.5 Å². The van der Waals surface area contributed by atoms with Gasteiger partial charge in [-0.15, -0.1) is 11.3 Å². The molecule has 0 spiro atoms. The van der Waals surface area contributed by atoms with Crippen molar-refractivity contribution in [3.05, 3.63) is 34.3 Å². The third kappa shape index (κ3) is 2.27. The molecule has 0 aliphatic heterocycles. The molecule has 18 heavy (non-hydrogen) atoms. The standard InChI is InChI=1S/C13H12ClFN2S/c1-7(8-2-3-8)11-12(14)17-13(18-11)9-4-10(15)6-16-5-9/h4-8H,2-3H2,1H3. The molecule has 94 valence electrons. The van der Waals surface area contributed by atoms with Crippen LogP contribution in [0.4, 0.5) is 4.39 Å². The SMILES string of the molecule is CC(c1sc(-c2cncc(F)c2)nc1Cl)C1CC1. The van der Waals surface area contributed by atoms with Gasteiger partial charge >= 0.3 is 0 Å². The molecule has 0 amide bonds. The summed E-state index contributed by atoms with van der Waals surface area (Å²) in [6, 6.07) is 1.44. The number of hydrogen-bond acceptors (Lipinski definition) is 3. The van der Waals surface area contributed by atoms with E-state index in [9.17, 15) is 4.39 Å². The molecule has 2 heterocycles.